The highest BCUT2D eigenvalue weighted by molar-refractivity contribution is 6.67. The summed E-state index contributed by atoms with van der Waals surface area (Å²) in [5, 5.41) is -0.429. The quantitative estimate of drug-likeness (QED) is 0.616. The largest absolute Gasteiger partial charge is 0.313 e. The van der Waals surface area contributed by atoms with E-state index in [2.05, 4.69) is 0 Å². The molecule has 0 saturated carbocycles. The second-order valence-electron chi connectivity index (χ2n) is 2.49. The van der Waals surface area contributed by atoms with Crippen LogP contribution < -0.4 is 0 Å². The predicted molar refractivity (Wildman–Crippen MR) is 47.6 cm³/mol. The van der Waals surface area contributed by atoms with Crippen molar-refractivity contribution >= 4 is 22.4 Å². The van der Waals surface area contributed by atoms with Gasteiger partial charge in [-0.05, 0) is 35.9 Å². The second kappa shape index (κ2) is 2.64. The summed E-state index contributed by atoms with van der Waals surface area (Å²) in [7, 11) is 0. The number of rotatable bonds is 1. The molecule has 0 aliphatic carbocycles. The average Bonchev–Trinajstić information content (AvgIpc) is 2.47. The zero-order valence-electron chi connectivity index (χ0n) is 6.20. The van der Waals surface area contributed by atoms with Gasteiger partial charge in [-0.1, -0.05) is 6.07 Å². The molecule has 0 unspecified atom stereocenters. The van der Waals surface area contributed by atoms with Gasteiger partial charge in [0.25, 0.3) is 5.24 Å². The van der Waals surface area contributed by atoms with Gasteiger partial charge in [0.15, 0.2) is 0 Å². The SMILES string of the molecule is O=C(Cl)c1ccc2ccccn12. The van der Waals surface area contributed by atoms with E-state index in [9.17, 15) is 4.79 Å². The van der Waals surface area contributed by atoms with Crippen LogP contribution in [-0.4, -0.2) is 9.64 Å². The van der Waals surface area contributed by atoms with Crippen molar-refractivity contribution in [3.05, 3.63) is 42.2 Å². The van der Waals surface area contributed by atoms with Crippen molar-refractivity contribution in [3.63, 3.8) is 0 Å². The van der Waals surface area contributed by atoms with Gasteiger partial charge in [-0.2, -0.15) is 0 Å². The lowest BCUT2D eigenvalue weighted by atomic mass is 10.4. The van der Waals surface area contributed by atoms with Crippen LogP contribution in [0, 0.1) is 0 Å². The Hall–Kier alpha value is -1.28. The zero-order chi connectivity index (χ0) is 8.55. The van der Waals surface area contributed by atoms with E-state index in [0.29, 0.717) is 5.69 Å². The highest BCUT2D eigenvalue weighted by Gasteiger charge is 2.05. The van der Waals surface area contributed by atoms with Crippen molar-refractivity contribution in [2.24, 2.45) is 0 Å². The topological polar surface area (TPSA) is 21.5 Å². The van der Waals surface area contributed by atoms with E-state index in [1.54, 1.807) is 10.5 Å². The molecule has 12 heavy (non-hydrogen) atoms. The molecule has 60 valence electrons. The van der Waals surface area contributed by atoms with E-state index in [4.69, 9.17) is 11.6 Å². The first-order valence-corrected chi connectivity index (χ1v) is 3.93. The Bertz CT molecular complexity index is 433. The van der Waals surface area contributed by atoms with Crippen molar-refractivity contribution in [3.8, 4) is 0 Å². The molecule has 0 atom stereocenters. The maximum absolute atomic E-state index is 10.9. The van der Waals surface area contributed by atoms with E-state index in [0.717, 1.165) is 5.52 Å². The number of pyridine rings is 1. The molecule has 2 heterocycles. The molecule has 0 spiro atoms. The molecule has 0 N–H and O–H groups in total. The summed E-state index contributed by atoms with van der Waals surface area (Å²) in [5.41, 5.74) is 1.48. The van der Waals surface area contributed by atoms with Gasteiger partial charge in [-0.25, -0.2) is 0 Å². The first-order valence-electron chi connectivity index (χ1n) is 3.55. The third-order valence-corrected chi connectivity index (χ3v) is 1.96. The van der Waals surface area contributed by atoms with E-state index >= 15 is 0 Å². The van der Waals surface area contributed by atoms with Gasteiger partial charge in [0.2, 0.25) is 0 Å². The van der Waals surface area contributed by atoms with Crippen LogP contribution in [0.2, 0.25) is 0 Å². The fourth-order valence-electron chi connectivity index (χ4n) is 1.22. The van der Waals surface area contributed by atoms with Crippen molar-refractivity contribution in [1.82, 2.24) is 4.40 Å². The van der Waals surface area contributed by atoms with Gasteiger partial charge in [0, 0.05) is 11.7 Å². The molecular weight excluding hydrogens is 174 g/mol. The molecule has 2 rings (SSSR count). The Morgan fingerprint density at radius 1 is 1.25 bits per heavy atom. The fourth-order valence-corrected chi connectivity index (χ4v) is 1.37. The molecule has 0 fully saturated rings. The third-order valence-electron chi connectivity index (χ3n) is 1.76. The molecular formula is C9H6ClNO. The molecule has 0 saturated heterocycles. The Morgan fingerprint density at radius 2 is 2.08 bits per heavy atom. The van der Waals surface area contributed by atoms with E-state index in [1.165, 1.54) is 0 Å². The van der Waals surface area contributed by atoms with Crippen molar-refractivity contribution in [1.29, 1.82) is 0 Å². The average molecular weight is 180 g/mol. The predicted octanol–water partition coefficient (Wildman–Crippen LogP) is 2.32. The number of aromatic nitrogens is 1. The van der Waals surface area contributed by atoms with Crippen LogP contribution in [-0.2, 0) is 0 Å². The normalized spacial score (nSPS) is 10.4. The van der Waals surface area contributed by atoms with Gasteiger partial charge >= 0.3 is 0 Å². The standard InChI is InChI=1S/C9H6ClNO/c10-9(12)8-5-4-7-3-1-2-6-11(7)8/h1-6H. The Morgan fingerprint density at radius 3 is 2.83 bits per heavy atom. The molecule has 0 bridgehead atoms. The van der Waals surface area contributed by atoms with Crippen molar-refractivity contribution in [2.75, 3.05) is 0 Å². The highest BCUT2D eigenvalue weighted by Crippen LogP contribution is 2.11. The number of halogens is 1. The smallest absolute Gasteiger partial charge is 0.269 e. The van der Waals surface area contributed by atoms with Gasteiger partial charge < -0.3 is 4.40 Å². The molecule has 2 nitrogen and oxygen atoms in total. The van der Waals surface area contributed by atoms with Crippen molar-refractivity contribution < 1.29 is 4.79 Å². The van der Waals surface area contributed by atoms with Crippen LogP contribution in [0.3, 0.4) is 0 Å². The molecule has 0 aromatic carbocycles. The van der Waals surface area contributed by atoms with Gasteiger partial charge in [0.05, 0.1) is 0 Å². The first-order chi connectivity index (χ1) is 5.79. The van der Waals surface area contributed by atoms with E-state index in [-0.39, 0.29) is 0 Å². The summed E-state index contributed by atoms with van der Waals surface area (Å²) in [5.74, 6) is 0. The number of carbonyl (C=O) groups is 1. The molecule has 0 radical (unpaired) electrons. The number of hydrogen-bond donors (Lipinski definition) is 0. The summed E-state index contributed by atoms with van der Waals surface area (Å²) in [4.78, 5) is 10.9. The molecule has 2 aromatic rings. The summed E-state index contributed by atoms with van der Waals surface area (Å²) in [6.07, 6.45) is 1.81. The van der Waals surface area contributed by atoms with Gasteiger partial charge in [-0.15, -0.1) is 0 Å². The van der Waals surface area contributed by atoms with Crippen LogP contribution in [0.5, 0.6) is 0 Å². The number of hydrogen-bond acceptors (Lipinski definition) is 1. The maximum atomic E-state index is 10.9. The van der Waals surface area contributed by atoms with Crippen LogP contribution in [0.25, 0.3) is 5.52 Å². The fraction of sp³-hybridized carbons (Fsp3) is 0. The van der Waals surface area contributed by atoms with Gasteiger partial charge in [0.1, 0.15) is 5.69 Å². The minimum absolute atomic E-state index is 0.429. The molecule has 0 aliphatic heterocycles. The highest BCUT2D eigenvalue weighted by atomic mass is 35.5. The van der Waals surface area contributed by atoms with Crippen LogP contribution in [0.4, 0.5) is 0 Å². The summed E-state index contributed by atoms with van der Waals surface area (Å²) >= 11 is 5.36. The van der Waals surface area contributed by atoms with Gasteiger partial charge in [-0.3, -0.25) is 4.79 Å². The number of nitrogens with zero attached hydrogens (tertiary/aromatic N) is 1. The lowest BCUT2D eigenvalue weighted by molar-refractivity contribution is 0.107. The lowest BCUT2D eigenvalue weighted by Gasteiger charge is -1.95. The summed E-state index contributed by atoms with van der Waals surface area (Å²) in [6.45, 7) is 0. The second-order valence-corrected chi connectivity index (χ2v) is 2.83. The lowest BCUT2D eigenvalue weighted by Crippen LogP contribution is -1.94. The Labute approximate surface area is 74.4 Å². The first kappa shape index (κ1) is 7.37. The van der Waals surface area contributed by atoms with Crippen molar-refractivity contribution in [2.45, 2.75) is 0 Å². The minimum atomic E-state index is -0.429. The van der Waals surface area contributed by atoms with E-state index in [1.807, 2.05) is 30.5 Å². The third kappa shape index (κ3) is 1.01. The molecule has 3 heteroatoms. The summed E-state index contributed by atoms with van der Waals surface area (Å²) in [6, 6.07) is 9.26. The Balaban J connectivity index is 2.79. The number of carbonyl (C=O) groups excluding carboxylic acids is 1. The Kier molecular flexibility index (Phi) is 1.62. The molecule has 2 aromatic heterocycles. The summed E-state index contributed by atoms with van der Waals surface area (Å²) < 4.78 is 1.76. The van der Waals surface area contributed by atoms with Crippen LogP contribution in [0.15, 0.2) is 36.5 Å². The minimum Gasteiger partial charge on any atom is -0.313 e. The monoisotopic (exact) mass is 179 g/mol. The molecule has 0 aliphatic rings. The maximum Gasteiger partial charge on any atom is 0.269 e. The van der Waals surface area contributed by atoms with Crippen LogP contribution >= 0.6 is 11.6 Å². The zero-order valence-corrected chi connectivity index (χ0v) is 6.95. The van der Waals surface area contributed by atoms with E-state index < -0.39 is 5.24 Å². The number of fused-ring (bicyclic) bond motifs is 1. The molecule has 0 amide bonds. The van der Waals surface area contributed by atoms with Crippen LogP contribution in [0.1, 0.15) is 10.5 Å².